The summed E-state index contributed by atoms with van der Waals surface area (Å²) in [5.74, 6) is 1.01. The number of amides is 1. The van der Waals surface area contributed by atoms with Crippen molar-refractivity contribution in [2.75, 3.05) is 7.05 Å². The van der Waals surface area contributed by atoms with Gasteiger partial charge in [0.05, 0.1) is 0 Å². The number of likely N-dealkylation sites (N-methyl/N-ethyl adjacent to an activating group) is 1. The molecule has 0 spiro atoms. The lowest BCUT2D eigenvalue weighted by Crippen LogP contribution is -2.48. The maximum Gasteiger partial charge on any atom is 0.220 e. The van der Waals surface area contributed by atoms with Crippen LogP contribution >= 0.6 is 0 Å². The fourth-order valence-corrected chi connectivity index (χ4v) is 2.99. The summed E-state index contributed by atoms with van der Waals surface area (Å²) in [6.45, 7) is 0. The number of carbonyl (C=O) groups is 1. The van der Waals surface area contributed by atoms with Crippen molar-refractivity contribution >= 4 is 5.91 Å². The first-order valence-corrected chi connectivity index (χ1v) is 5.78. The van der Waals surface area contributed by atoms with Crippen LogP contribution in [0.2, 0.25) is 0 Å². The maximum atomic E-state index is 11.1. The molecule has 2 unspecified atom stereocenters. The number of nitrogens with one attached hydrogen (secondary N) is 2. The highest BCUT2D eigenvalue weighted by molar-refractivity contribution is 5.78. The quantitative estimate of drug-likeness (QED) is 0.708. The molecule has 14 heavy (non-hydrogen) atoms. The molecule has 1 aliphatic heterocycles. The first-order valence-electron chi connectivity index (χ1n) is 5.78. The van der Waals surface area contributed by atoms with Gasteiger partial charge in [-0.2, -0.15) is 0 Å². The third-order valence-corrected chi connectivity index (χ3v) is 3.70. The summed E-state index contributed by atoms with van der Waals surface area (Å²) < 4.78 is 0. The molecule has 0 aromatic carbocycles. The molecule has 2 rings (SSSR count). The molecule has 1 saturated heterocycles. The lowest BCUT2D eigenvalue weighted by molar-refractivity contribution is -0.119. The highest BCUT2D eigenvalue weighted by Gasteiger charge is 2.34. The summed E-state index contributed by atoms with van der Waals surface area (Å²) in [7, 11) is 2.02. The zero-order chi connectivity index (χ0) is 9.97. The average Bonchev–Trinajstić information content (AvgIpc) is 2.79. The van der Waals surface area contributed by atoms with Crippen LogP contribution in [0.15, 0.2) is 0 Å². The molecule has 1 heterocycles. The van der Waals surface area contributed by atoms with Crippen LogP contribution in [0, 0.1) is 5.92 Å². The van der Waals surface area contributed by atoms with Crippen LogP contribution in [0.3, 0.4) is 0 Å². The summed E-state index contributed by atoms with van der Waals surface area (Å²) in [4.78, 5) is 11.1. The lowest BCUT2D eigenvalue weighted by Gasteiger charge is -2.28. The average molecular weight is 196 g/mol. The molecule has 1 saturated carbocycles. The Morgan fingerprint density at radius 1 is 1.36 bits per heavy atom. The smallest absolute Gasteiger partial charge is 0.220 e. The summed E-state index contributed by atoms with van der Waals surface area (Å²) in [6, 6.07) is 0.888. The zero-order valence-corrected chi connectivity index (χ0v) is 8.88. The van der Waals surface area contributed by atoms with Crippen molar-refractivity contribution in [3.8, 4) is 0 Å². The van der Waals surface area contributed by atoms with E-state index in [4.69, 9.17) is 0 Å². The lowest BCUT2D eigenvalue weighted by atomic mass is 9.91. The molecule has 1 aliphatic carbocycles. The predicted molar refractivity (Wildman–Crippen MR) is 56.0 cm³/mol. The van der Waals surface area contributed by atoms with E-state index in [1.54, 1.807) is 0 Å². The van der Waals surface area contributed by atoms with E-state index >= 15 is 0 Å². The Morgan fingerprint density at radius 2 is 2.07 bits per heavy atom. The molecule has 0 radical (unpaired) electrons. The van der Waals surface area contributed by atoms with Gasteiger partial charge in [-0.15, -0.1) is 0 Å². The van der Waals surface area contributed by atoms with E-state index < -0.39 is 0 Å². The van der Waals surface area contributed by atoms with Crippen LogP contribution in [0.1, 0.15) is 38.5 Å². The van der Waals surface area contributed by atoms with Crippen LogP contribution in [-0.2, 0) is 4.79 Å². The van der Waals surface area contributed by atoms with E-state index in [0.717, 1.165) is 18.8 Å². The van der Waals surface area contributed by atoms with Gasteiger partial charge in [0.25, 0.3) is 0 Å². The summed E-state index contributed by atoms with van der Waals surface area (Å²) >= 11 is 0. The van der Waals surface area contributed by atoms with Crippen LogP contribution in [0.25, 0.3) is 0 Å². The Kier molecular flexibility index (Phi) is 3.06. The van der Waals surface area contributed by atoms with E-state index in [2.05, 4.69) is 10.6 Å². The van der Waals surface area contributed by atoms with Crippen LogP contribution in [0.4, 0.5) is 0 Å². The van der Waals surface area contributed by atoms with Gasteiger partial charge in [-0.05, 0) is 32.2 Å². The molecule has 0 aromatic heterocycles. The van der Waals surface area contributed by atoms with Gasteiger partial charge < -0.3 is 10.6 Å². The SMILES string of the molecule is CNC(C1CCCC1)C1CCC(=O)N1. The van der Waals surface area contributed by atoms with Crippen LogP contribution < -0.4 is 10.6 Å². The van der Waals surface area contributed by atoms with Gasteiger partial charge in [0.2, 0.25) is 5.91 Å². The van der Waals surface area contributed by atoms with Crippen molar-refractivity contribution in [1.29, 1.82) is 0 Å². The molecular weight excluding hydrogens is 176 g/mol. The van der Waals surface area contributed by atoms with Crippen molar-refractivity contribution in [3.05, 3.63) is 0 Å². The van der Waals surface area contributed by atoms with E-state index in [1.807, 2.05) is 7.05 Å². The molecule has 3 heteroatoms. The molecule has 80 valence electrons. The van der Waals surface area contributed by atoms with Crippen molar-refractivity contribution in [1.82, 2.24) is 10.6 Å². The van der Waals surface area contributed by atoms with E-state index in [9.17, 15) is 4.79 Å². The van der Waals surface area contributed by atoms with Crippen LogP contribution in [-0.4, -0.2) is 25.0 Å². The molecule has 2 aliphatic rings. The molecule has 0 bridgehead atoms. The first-order chi connectivity index (χ1) is 6.81. The summed E-state index contributed by atoms with van der Waals surface area (Å²) in [5, 5.41) is 6.47. The Hall–Kier alpha value is -0.570. The summed E-state index contributed by atoms with van der Waals surface area (Å²) in [5.41, 5.74) is 0. The normalized spacial score (nSPS) is 30.6. The Morgan fingerprint density at radius 3 is 2.57 bits per heavy atom. The van der Waals surface area contributed by atoms with Crippen molar-refractivity contribution in [2.45, 2.75) is 50.6 Å². The number of hydrogen-bond acceptors (Lipinski definition) is 2. The van der Waals surface area contributed by atoms with Gasteiger partial charge in [0.15, 0.2) is 0 Å². The second-order valence-electron chi connectivity index (χ2n) is 4.57. The molecule has 2 atom stereocenters. The molecule has 2 N–H and O–H groups in total. The first kappa shape index (κ1) is 9.97. The molecule has 1 amide bonds. The second kappa shape index (κ2) is 4.30. The Bertz CT molecular complexity index is 211. The number of carbonyl (C=O) groups excluding carboxylic acids is 1. The third kappa shape index (κ3) is 1.92. The second-order valence-corrected chi connectivity index (χ2v) is 4.57. The molecule has 2 fully saturated rings. The van der Waals surface area contributed by atoms with Gasteiger partial charge in [-0.3, -0.25) is 4.79 Å². The maximum absolute atomic E-state index is 11.1. The Balaban J connectivity index is 1.94. The minimum Gasteiger partial charge on any atom is -0.352 e. The fourth-order valence-electron chi connectivity index (χ4n) is 2.99. The number of hydrogen-bond donors (Lipinski definition) is 2. The van der Waals surface area contributed by atoms with Gasteiger partial charge in [-0.1, -0.05) is 12.8 Å². The minimum atomic E-state index is 0.230. The van der Waals surface area contributed by atoms with Gasteiger partial charge in [0.1, 0.15) is 0 Å². The standard InChI is InChI=1S/C11H20N2O/c1-12-11(8-4-2-3-5-8)9-6-7-10(14)13-9/h8-9,11-12H,2-7H2,1H3,(H,13,14). The monoisotopic (exact) mass is 196 g/mol. The van der Waals surface area contributed by atoms with E-state index in [-0.39, 0.29) is 5.91 Å². The van der Waals surface area contributed by atoms with Crippen molar-refractivity contribution in [3.63, 3.8) is 0 Å². The van der Waals surface area contributed by atoms with E-state index in [1.165, 1.54) is 25.7 Å². The number of rotatable bonds is 3. The molecule has 0 aromatic rings. The van der Waals surface area contributed by atoms with Gasteiger partial charge in [0, 0.05) is 18.5 Å². The highest BCUT2D eigenvalue weighted by Crippen LogP contribution is 2.30. The van der Waals surface area contributed by atoms with Gasteiger partial charge in [-0.25, -0.2) is 0 Å². The predicted octanol–water partition coefficient (Wildman–Crippen LogP) is 1.04. The van der Waals surface area contributed by atoms with E-state index in [0.29, 0.717) is 12.1 Å². The Labute approximate surface area is 85.6 Å². The van der Waals surface area contributed by atoms with Gasteiger partial charge >= 0.3 is 0 Å². The fraction of sp³-hybridized carbons (Fsp3) is 0.909. The summed E-state index contributed by atoms with van der Waals surface area (Å²) in [6.07, 6.45) is 7.12. The zero-order valence-electron chi connectivity index (χ0n) is 8.88. The molecular formula is C11H20N2O. The van der Waals surface area contributed by atoms with Crippen LogP contribution in [0.5, 0.6) is 0 Å². The highest BCUT2D eigenvalue weighted by atomic mass is 16.1. The third-order valence-electron chi connectivity index (χ3n) is 3.70. The minimum absolute atomic E-state index is 0.230. The van der Waals surface area contributed by atoms with Crippen molar-refractivity contribution < 1.29 is 4.79 Å². The van der Waals surface area contributed by atoms with Crippen molar-refractivity contribution in [2.24, 2.45) is 5.92 Å². The largest absolute Gasteiger partial charge is 0.352 e. The molecule has 3 nitrogen and oxygen atoms in total. The topological polar surface area (TPSA) is 41.1 Å².